The van der Waals surface area contributed by atoms with Crippen LogP contribution in [0, 0.1) is 5.92 Å². The van der Waals surface area contributed by atoms with Crippen LogP contribution in [0.1, 0.15) is 19.3 Å². The lowest BCUT2D eigenvalue weighted by molar-refractivity contribution is -0.142. The van der Waals surface area contributed by atoms with Gasteiger partial charge in [0, 0.05) is 13.0 Å². The number of hydrogen-bond acceptors (Lipinski definition) is 3. The second-order valence-corrected chi connectivity index (χ2v) is 3.57. The first-order valence-electron chi connectivity index (χ1n) is 4.82. The number of carboxylic acid groups (broad SMARTS) is 1. The number of carbonyl (C=O) groups excluding carboxylic acids is 1. The molecule has 80 valence electrons. The summed E-state index contributed by atoms with van der Waals surface area (Å²) in [5.74, 6) is -0.977. The standard InChI is InChI=1S/C9H16N2O3/c1-10-5-4-7(12)11-8(9(13)14)6-2-3-6/h6,8,10H,2-5H2,1H3,(H,11,12)(H,13,14). The van der Waals surface area contributed by atoms with Crippen molar-refractivity contribution in [2.45, 2.75) is 25.3 Å². The number of rotatable bonds is 6. The monoisotopic (exact) mass is 200 g/mol. The topological polar surface area (TPSA) is 78.4 Å². The molecule has 0 aromatic heterocycles. The zero-order chi connectivity index (χ0) is 10.6. The lowest BCUT2D eigenvalue weighted by atomic mass is 10.2. The largest absolute Gasteiger partial charge is 0.480 e. The first-order chi connectivity index (χ1) is 6.65. The number of aliphatic carboxylic acids is 1. The Morgan fingerprint density at radius 1 is 1.50 bits per heavy atom. The van der Waals surface area contributed by atoms with Gasteiger partial charge in [-0.05, 0) is 25.8 Å². The van der Waals surface area contributed by atoms with E-state index in [0.29, 0.717) is 13.0 Å². The van der Waals surface area contributed by atoms with E-state index >= 15 is 0 Å². The molecule has 0 aliphatic heterocycles. The molecule has 0 spiro atoms. The number of hydrogen-bond donors (Lipinski definition) is 3. The Morgan fingerprint density at radius 2 is 2.14 bits per heavy atom. The van der Waals surface area contributed by atoms with Crippen LogP contribution in [0.25, 0.3) is 0 Å². The molecule has 1 rings (SSSR count). The summed E-state index contributed by atoms with van der Waals surface area (Å²) in [6.45, 7) is 0.572. The van der Waals surface area contributed by atoms with Crippen molar-refractivity contribution in [1.82, 2.24) is 10.6 Å². The predicted octanol–water partition coefficient (Wildman–Crippen LogP) is -0.425. The van der Waals surface area contributed by atoms with Crippen LogP contribution in [0.3, 0.4) is 0 Å². The van der Waals surface area contributed by atoms with Gasteiger partial charge in [0.25, 0.3) is 0 Å². The maximum Gasteiger partial charge on any atom is 0.326 e. The highest BCUT2D eigenvalue weighted by molar-refractivity contribution is 5.84. The van der Waals surface area contributed by atoms with E-state index in [1.807, 2.05) is 0 Å². The van der Waals surface area contributed by atoms with Crippen LogP contribution in [-0.4, -0.2) is 36.6 Å². The van der Waals surface area contributed by atoms with E-state index < -0.39 is 12.0 Å². The van der Waals surface area contributed by atoms with E-state index in [2.05, 4.69) is 10.6 Å². The van der Waals surface area contributed by atoms with Crippen molar-refractivity contribution >= 4 is 11.9 Å². The zero-order valence-electron chi connectivity index (χ0n) is 8.25. The number of carboxylic acids is 1. The molecular formula is C9H16N2O3. The van der Waals surface area contributed by atoms with Gasteiger partial charge in [-0.3, -0.25) is 4.79 Å². The average molecular weight is 200 g/mol. The summed E-state index contributed by atoms with van der Waals surface area (Å²) in [5, 5.41) is 14.2. The maximum atomic E-state index is 11.2. The molecule has 1 atom stereocenters. The van der Waals surface area contributed by atoms with Crippen LogP contribution in [0.15, 0.2) is 0 Å². The normalized spacial score (nSPS) is 17.5. The van der Waals surface area contributed by atoms with Crippen LogP contribution >= 0.6 is 0 Å². The average Bonchev–Trinajstić information content (AvgIpc) is 2.93. The summed E-state index contributed by atoms with van der Waals surface area (Å²) in [6, 6.07) is -0.681. The molecule has 1 saturated carbocycles. The predicted molar refractivity (Wildman–Crippen MR) is 50.8 cm³/mol. The van der Waals surface area contributed by atoms with Crippen molar-refractivity contribution < 1.29 is 14.7 Å². The van der Waals surface area contributed by atoms with Gasteiger partial charge in [-0.15, -0.1) is 0 Å². The molecule has 3 N–H and O–H groups in total. The van der Waals surface area contributed by atoms with E-state index in [1.165, 1.54) is 0 Å². The Morgan fingerprint density at radius 3 is 2.57 bits per heavy atom. The summed E-state index contributed by atoms with van der Waals surface area (Å²) >= 11 is 0. The first-order valence-corrected chi connectivity index (χ1v) is 4.82. The summed E-state index contributed by atoms with van der Waals surface area (Å²) in [5.41, 5.74) is 0. The summed E-state index contributed by atoms with van der Waals surface area (Å²) in [7, 11) is 1.75. The molecule has 0 radical (unpaired) electrons. The minimum Gasteiger partial charge on any atom is -0.480 e. The van der Waals surface area contributed by atoms with E-state index in [-0.39, 0.29) is 11.8 Å². The van der Waals surface area contributed by atoms with Gasteiger partial charge in [0.2, 0.25) is 5.91 Å². The summed E-state index contributed by atoms with van der Waals surface area (Å²) in [4.78, 5) is 22.0. The molecule has 1 aliphatic carbocycles. The Balaban J connectivity index is 2.31. The van der Waals surface area contributed by atoms with Gasteiger partial charge in [0.05, 0.1) is 0 Å². The van der Waals surface area contributed by atoms with E-state index in [0.717, 1.165) is 12.8 Å². The third kappa shape index (κ3) is 3.33. The Hall–Kier alpha value is -1.10. The lowest BCUT2D eigenvalue weighted by Gasteiger charge is -2.13. The van der Waals surface area contributed by atoms with Gasteiger partial charge < -0.3 is 15.7 Å². The molecule has 1 amide bonds. The van der Waals surface area contributed by atoms with Crippen LogP contribution in [0.5, 0.6) is 0 Å². The third-order valence-corrected chi connectivity index (χ3v) is 2.28. The summed E-state index contributed by atoms with van der Waals surface area (Å²) in [6.07, 6.45) is 2.14. The van der Waals surface area contributed by atoms with Crippen LogP contribution in [0.4, 0.5) is 0 Å². The minimum atomic E-state index is -0.926. The fourth-order valence-electron chi connectivity index (χ4n) is 1.29. The molecule has 5 nitrogen and oxygen atoms in total. The quantitative estimate of drug-likeness (QED) is 0.544. The van der Waals surface area contributed by atoms with Crippen LogP contribution in [0.2, 0.25) is 0 Å². The van der Waals surface area contributed by atoms with E-state index in [1.54, 1.807) is 7.05 Å². The lowest BCUT2D eigenvalue weighted by Crippen LogP contribution is -2.43. The highest BCUT2D eigenvalue weighted by Gasteiger charge is 2.36. The Kier molecular flexibility index (Phi) is 3.88. The molecule has 14 heavy (non-hydrogen) atoms. The Bertz CT molecular complexity index is 226. The van der Waals surface area contributed by atoms with Crippen molar-refractivity contribution in [1.29, 1.82) is 0 Å². The van der Waals surface area contributed by atoms with Gasteiger partial charge in [0.15, 0.2) is 0 Å². The van der Waals surface area contributed by atoms with Crippen molar-refractivity contribution in [3.05, 3.63) is 0 Å². The molecule has 1 aliphatic rings. The highest BCUT2D eigenvalue weighted by atomic mass is 16.4. The van der Waals surface area contributed by atoms with Gasteiger partial charge >= 0.3 is 5.97 Å². The fourth-order valence-corrected chi connectivity index (χ4v) is 1.29. The second kappa shape index (κ2) is 4.95. The summed E-state index contributed by atoms with van der Waals surface area (Å²) < 4.78 is 0. The minimum absolute atomic E-state index is 0.144. The molecule has 5 heteroatoms. The third-order valence-electron chi connectivity index (χ3n) is 2.28. The van der Waals surface area contributed by atoms with Crippen molar-refractivity contribution in [3.63, 3.8) is 0 Å². The van der Waals surface area contributed by atoms with E-state index in [9.17, 15) is 9.59 Å². The SMILES string of the molecule is CNCCC(=O)NC(C(=O)O)C1CC1. The molecule has 0 bridgehead atoms. The van der Waals surface area contributed by atoms with E-state index in [4.69, 9.17) is 5.11 Å². The maximum absolute atomic E-state index is 11.2. The molecular weight excluding hydrogens is 184 g/mol. The van der Waals surface area contributed by atoms with Crippen molar-refractivity contribution in [3.8, 4) is 0 Å². The molecule has 0 saturated heterocycles. The zero-order valence-corrected chi connectivity index (χ0v) is 8.25. The molecule has 1 fully saturated rings. The molecule has 0 aromatic rings. The number of nitrogens with one attached hydrogen (secondary N) is 2. The van der Waals surface area contributed by atoms with Gasteiger partial charge in [-0.2, -0.15) is 0 Å². The van der Waals surface area contributed by atoms with Crippen molar-refractivity contribution in [2.75, 3.05) is 13.6 Å². The fraction of sp³-hybridized carbons (Fsp3) is 0.778. The molecule has 0 heterocycles. The highest BCUT2D eigenvalue weighted by Crippen LogP contribution is 2.32. The molecule has 0 aromatic carbocycles. The Labute approximate surface area is 82.9 Å². The van der Waals surface area contributed by atoms with Crippen molar-refractivity contribution in [2.24, 2.45) is 5.92 Å². The second-order valence-electron chi connectivity index (χ2n) is 3.57. The smallest absolute Gasteiger partial charge is 0.326 e. The van der Waals surface area contributed by atoms with Crippen LogP contribution in [-0.2, 0) is 9.59 Å². The first kappa shape index (κ1) is 11.0. The van der Waals surface area contributed by atoms with Gasteiger partial charge in [0.1, 0.15) is 6.04 Å². The number of amides is 1. The van der Waals surface area contributed by atoms with Crippen LogP contribution < -0.4 is 10.6 Å². The van der Waals surface area contributed by atoms with Gasteiger partial charge in [-0.1, -0.05) is 0 Å². The molecule has 1 unspecified atom stereocenters. The number of carbonyl (C=O) groups is 2. The van der Waals surface area contributed by atoms with Gasteiger partial charge in [-0.25, -0.2) is 4.79 Å².